The second-order valence-electron chi connectivity index (χ2n) is 3.81. The molecule has 8 heteroatoms. The molecule has 0 aliphatic carbocycles. The van der Waals surface area contributed by atoms with E-state index < -0.39 is 5.56 Å². The average Bonchev–Trinajstić information content (AvgIpc) is 2.93. The average molecular weight is 256 g/mol. The summed E-state index contributed by atoms with van der Waals surface area (Å²) in [6, 6.07) is 3.13. The molecule has 0 aliphatic heterocycles. The molecule has 0 bridgehead atoms. The zero-order valence-electron chi connectivity index (χ0n) is 9.57. The second-order valence-corrected chi connectivity index (χ2v) is 3.81. The highest BCUT2D eigenvalue weighted by Crippen LogP contribution is 1.99. The lowest BCUT2D eigenvalue weighted by atomic mass is 10.2. The van der Waals surface area contributed by atoms with Gasteiger partial charge >= 0.3 is 0 Å². The molecule has 0 aromatic carbocycles. The topological polar surface area (TPSA) is 119 Å². The van der Waals surface area contributed by atoms with Gasteiger partial charge in [0.1, 0.15) is 5.35 Å². The molecule has 3 aromatic rings. The Hall–Kier alpha value is -3.03. The van der Waals surface area contributed by atoms with Crippen LogP contribution in [0, 0.1) is 0 Å². The van der Waals surface area contributed by atoms with Gasteiger partial charge in [0.25, 0.3) is 5.56 Å². The summed E-state index contributed by atoms with van der Waals surface area (Å²) in [5, 5.41) is 7.33. The van der Waals surface area contributed by atoms with Crippen LogP contribution in [0.15, 0.2) is 29.3 Å². The molecular formula is C11H8N6O2. The number of imidazole rings is 1. The van der Waals surface area contributed by atoms with Gasteiger partial charge in [-0.1, -0.05) is 0 Å². The SMILES string of the molecule is Nc1nnc2[nH]/c(=C\C(=O)c3ccncc3)c(=O)n12. The smallest absolute Gasteiger partial charge is 0.284 e. The van der Waals surface area contributed by atoms with Crippen molar-refractivity contribution in [3.8, 4) is 0 Å². The number of nitrogens with zero attached hydrogens (tertiary/aromatic N) is 4. The van der Waals surface area contributed by atoms with E-state index in [1.807, 2.05) is 0 Å². The first-order valence-electron chi connectivity index (χ1n) is 5.35. The fourth-order valence-corrected chi connectivity index (χ4v) is 1.70. The van der Waals surface area contributed by atoms with Crippen LogP contribution in [0.1, 0.15) is 10.4 Å². The molecule has 0 saturated carbocycles. The van der Waals surface area contributed by atoms with E-state index in [1.54, 1.807) is 12.1 Å². The number of aromatic nitrogens is 5. The molecule has 3 rings (SSSR count). The number of nitrogen functional groups attached to an aromatic ring is 1. The number of ketones is 1. The Bertz CT molecular complexity index is 864. The number of hydrogen-bond donors (Lipinski definition) is 2. The van der Waals surface area contributed by atoms with Gasteiger partial charge in [-0.2, -0.15) is 0 Å². The summed E-state index contributed by atoms with van der Waals surface area (Å²) in [6.07, 6.45) is 4.21. The number of H-pyrrole nitrogens is 1. The van der Waals surface area contributed by atoms with Crippen molar-refractivity contribution in [2.24, 2.45) is 0 Å². The van der Waals surface area contributed by atoms with Gasteiger partial charge in [0.05, 0.1) is 0 Å². The number of nitrogens with one attached hydrogen (secondary N) is 1. The van der Waals surface area contributed by atoms with E-state index >= 15 is 0 Å². The van der Waals surface area contributed by atoms with Gasteiger partial charge in [-0.3, -0.25) is 14.6 Å². The molecule has 0 fully saturated rings. The third-order valence-corrected chi connectivity index (χ3v) is 2.61. The Morgan fingerprint density at radius 2 is 2.05 bits per heavy atom. The number of carbonyl (C=O) groups is 1. The van der Waals surface area contributed by atoms with Gasteiger partial charge in [0.2, 0.25) is 11.7 Å². The Morgan fingerprint density at radius 3 is 2.74 bits per heavy atom. The molecule has 0 aliphatic rings. The molecule has 3 aromatic heterocycles. The number of Topliss-reactive ketones (excluding diaryl/α,β-unsaturated/α-hetero) is 1. The molecular weight excluding hydrogens is 248 g/mol. The van der Waals surface area contributed by atoms with Crippen molar-refractivity contribution in [1.82, 2.24) is 24.6 Å². The van der Waals surface area contributed by atoms with Gasteiger partial charge in [0.15, 0.2) is 5.78 Å². The number of nitrogens with two attached hydrogens (primary N) is 1. The number of anilines is 1. The number of fused-ring (bicyclic) bond motifs is 1. The molecule has 3 heterocycles. The van der Waals surface area contributed by atoms with Crippen LogP contribution in [0.25, 0.3) is 11.9 Å². The lowest BCUT2D eigenvalue weighted by Gasteiger charge is -1.91. The Morgan fingerprint density at radius 1 is 1.32 bits per heavy atom. The zero-order valence-corrected chi connectivity index (χ0v) is 9.57. The van der Waals surface area contributed by atoms with Crippen LogP contribution in [0.3, 0.4) is 0 Å². The molecule has 0 saturated heterocycles. The molecule has 0 amide bonds. The van der Waals surface area contributed by atoms with Crippen molar-refractivity contribution in [2.45, 2.75) is 0 Å². The Balaban J connectivity index is 2.15. The minimum absolute atomic E-state index is 0.0211. The summed E-state index contributed by atoms with van der Waals surface area (Å²) >= 11 is 0. The van der Waals surface area contributed by atoms with Gasteiger partial charge in [-0.25, -0.2) is 4.40 Å². The van der Waals surface area contributed by atoms with E-state index in [9.17, 15) is 9.59 Å². The van der Waals surface area contributed by atoms with Crippen LogP contribution in [-0.4, -0.2) is 30.3 Å². The minimum Gasteiger partial charge on any atom is -0.367 e. The predicted octanol–water partition coefficient (Wildman–Crippen LogP) is -1.22. The maximum absolute atomic E-state index is 12.0. The van der Waals surface area contributed by atoms with E-state index in [-0.39, 0.29) is 22.9 Å². The number of hydrogen-bond acceptors (Lipinski definition) is 6. The molecule has 0 unspecified atom stereocenters. The van der Waals surface area contributed by atoms with Gasteiger partial charge in [-0.05, 0) is 12.1 Å². The minimum atomic E-state index is -0.458. The molecule has 0 atom stereocenters. The zero-order chi connectivity index (χ0) is 13.4. The van der Waals surface area contributed by atoms with E-state index in [2.05, 4.69) is 20.2 Å². The van der Waals surface area contributed by atoms with Crippen LogP contribution in [0.2, 0.25) is 0 Å². The number of aromatic amines is 1. The molecule has 3 N–H and O–H groups in total. The van der Waals surface area contributed by atoms with E-state index in [1.165, 1.54) is 18.5 Å². The monoisotopic (exact) mass is 256 g/mol. The highest BCUT2D eigenvalue weighted by molar-refractivity contribution is 6.16. The first-order chi connectivity index (χ1) is 9.16. The summed E-state index contributed by atoms with van der Waals surface area (Å²) in [6.45, 7) is 0. The van der Waals surface area contributed by atoms with Crippen LogP contribution in [0.4, 0.5) is 5.95 Å². The Labute approximate surface area is 105 Å². The van der Waals surface area contributed by atoms with Crippen molar-refractivity contribution < 1.29 is 4.79 Å². The highest BCUT2D eigenvalue weighted by atomic mass is 16.1. The maximum Gasteiger partial charge on any atom is 0.284 e. The second kappa shape index (κ2) is 4.02. The standard InChI is InChI=1S/C11H8N6O2/c12-10-15-16-11-14-7(9(19)17(10)11)5-8(18)6-1-3-13-4-2-6/h1-5H,(H2,12,15)(H,14,16)/b7-5-. The summed E-state index contributed by atoms with van der Waals surface area (Å²) < 4.78 is 1.10. The van der Waals surface area contributed by atoms with Crippen molar-refractivity contribution in [3.05, 3.63) is 45.8 Å². The van der Waals surface area contributed by atoms with Crippen LogP contribution in [-0.2, 0) is 0 Å². The summed E-state index contributed by atoms with van der Waals surface area (Å²) in [7, 11) is 0. The van der Waals surface area contributed by atoms with E-state index in [0.29, 0.717) is 5.56 Å². The van der Waals surface area contributed by atoms with Gasteiger partial charge in [0, 0.05) is 24.0 Å². The summed E-state index contributed by atoms with van der Waals surface area (Å²) in [5.74, 6) is -0.126. The van der Waals surface area contributed by atoms with Crippen LogP contribution < -0.4 is 16.6 Å². The van der Waals surface area contributed by atoms with Crippen LogP contribution >= 0.6 is 0 Å². The summed E-state index contributed by atoms with van der Waals surface area (Å²) in [5.41, 5.74) is 5.47. The lowest BCUT2D eigenvalue weighted by molar-refractivity contribution is 0.106. The molecule has 19 heavy (non-hydrogen) atoms. The largest absolute Gasteiger partial charge is 0.367 e. The number of rotatable bonds is 2. The van der Waals surface area contributed by atoms with E-state index in [4.69, 9.17) is 5.73 Å². The molecule has 0 radical (unpaired) electrons. The van der Waals surface area contributed by atoms with Crippen LogP contribution in [0.5, 0.6) is 0 Å². The van der Waals surface area contributed by atoms with Crippen molar-refractivity contribution in [1.29, 1.82) is 0 Å². The lowest BCUT2D eigenvalue weighted by Crippen LogP contribution is -2.27. The number of pyridine rings is 1. The fourth-order valence-electron chi connectivity index (χ4n) is 1.70. The number of carbonyl (C=O) groups excluding carboxylic acids is 1. The normalized spacial score (nSPS) is 12.1. The fraction of sp³-hybridized carbons (Fsp3) is 0. The Kier molecular flexibility index (Phi) is 2.34. The van der Waals surface area contributed by atoms with Gasteiger partial charge < -0.3 is 10.7 Å². The first-order valence-corrected chi connectivity index (χ1v) is 5.35. The first kappa shape index (κ1) is 11.1. The molecule has 94 valence electrons. The highest BCUT2D eigenvalue weighted by Gasteiger charge is 2.10. The van der Waals surface area contributed by atoms with Crippen molar-refractivity contribution in [3.63, 3.8) is 0 Å². The van der Waals surface area contributed by atoms with Gasteiger partial charge in [-0.15, -0.1) is 10.2 Å². The maximum atomic E-state index is 12.0. The quantitative estimate of drug-likeness (QED) is 0.554. The third-order valence-electron chi connectivity index (χ3n) is 2.61. The van der Waals surface area contributed by atoms with Crippen molar-refractivity contribution >= 4 is 23.6 Å². The molecule has 8 nitrogen and oxygen atoms in total. The predicted molar refractivity (Wildman–Crippen MR) is 66.3 cm³/mol. The third kappa shape index (κ3) is 1.75. The summed E-state index contributed by atoms with van der Waals surface area (Å²) in [4.78, 5) is 30.4. The molecule has 0 spiro atoms. The van der Waals surface area contributed by atoms with Crippen molar-refractivity contribution in [2.75, 3.05) is 5.73 Å². The van der Waals surface area contributed by atoms with E-state index in [0.717, 1.165) is 4.40 Å².